The molecule has 0 spiro atoms. The van der Waals surface area contributed by atoms with E-state index in [1.807, 2.05) is 44.2 Å². The fraction of sp³-hybridized carbons (Fsp3) is 0.133. The van der Waals surface area contributed by atoms with Gasteiger partial charge in [-0.1, -0.05) is 65.7 Å². The molecule has 0 radical (unpaired) electrons. The fourth-order valence-corrected chi connectivity index (χ4v) is 8.10. The average Bonchev–Trinajstić information content (AvgIpc) is 2.90. The molecule has 38 heavy (non-hydrogen) atoms. The third-order valence-electron chi connectivity index (χ3n) is 6.98. The van der Waals surface area contributed by atoms with Crippen LogP contribution in [0.4, 0.5) is 11.4 Å². The lowest BCUT2D eigenvalue weighted by Crippen LogP contribution is -2.42. The van der Waals surface area contributed by atoms with Gasteiger partial charge in [0.15, 0.2) is 0 Å². The number of allylic oxidation sites excluding steroid dienone is 3. The Kier molecular flexibility index (Phi) is 5.70. The van der Waals surface area contributed by atoms with Crippen LogP contribution in [-0.4, -0.2) is 16.8 Å². The molecule has 6 nitrogen and oxygen atoms in total. The summed E-state index contributed by atoms with van der Waals surface area (Å²) in [6.45, 7) is 3.80. The van der Waals surface area contributed by atoms with Crippen molar-refractivity contribution in [2.75, 3.05) is 8.61 Å². The van der Waals surface area contributed by atoms with Crippen molar-refractivity contribution in [1.29, 1.82) is 0 Å². The molecule has 4 aromatic rings. The van der Waals surface area contributed by atoms with Crippen molar-refractivity contribution in [3.63, 3.8) is 0 Å². The van der Waals surface area contributed by atoms with Crippen molar-refractivity contribution < 1.29 is 16.8 Å². The maximum atomic E-state index is 14.2. The molecule has 6 rings (SSSR count). The Labute approximate surface area is 223 Å². The van der Waals surface area contributed by atoms with Gasteiger partial charge in [-0.15, -0.1) is 0 Å². The summed E-state index contributed by atoms with van der Waals surface area (Å²) in [5.41, 5.74) is 3.28. The Morgan fingerprint density at radius 1 is 0.632 bits per heavy atom. The summed E-state index contributed by atoms with van der Waals surface area (Å²) < 4.78 is 59.5. The molecule has 2 aliphatic rings. The number of aryl methyl sites for hydroxylation is 2. The quantitative estimate of drug-likeness (QED) is 0.298. The first kappa shape index (κ1) is 24.5. The first-order chi connectivity index (χ1) is 18.2. The van der Waals surface area contributed by atoms with Gasteiger partial charge in [0.2, 0.25) is 0 Å². The number of sulfonamides is 2. The second-order valence-electron chi connectivity index (χ2n) is 9.63. The summed E-state index contributed by atoms with van der Waals surface area (Å²) in [6.07, 6.45) is 4.59. The number of rotatable bonds is 4. The van der Waals surface area contributed by atoms with Crippen LogP contribution in [0.15, 0.2) is 118 Å². The molecule has 192 valence electrons. The van der Waals surface area contributed by atoms with Gasteiger partial charge in [0, 0.05) is 0 Å². The largest absolute Gasteiger partial charge is 0.268 e. The van der Waals surface area contributed by atoms with Crippen LogP contribution in [0.5, 0.6) is 0 Å². The molecule has 4 aromatic carbocycles. The first-order valence-electron chi connectivity index (χ1n) is 12.3. The van der Waals surface area contributed by atoms with Gasteiger partial charge in [-0.05, 0) is 79.9 Å². The summed E-state index contributed by atoms with van der Waals surface area (Å²) >= 11 is 0. The monoisotopic (exact) mass is 542 g/mol. The SMILES string of the molecule is Cc1ccc(S(=O)(=O)N2C3=C(CCC=C3)N(S(=O)(=O)c3ccc(C)cc3)c3cc4ccccc4cc32)cc1. The second kappa shape index (κ2) is 8.85. The Bertz CT molecular complexity index is 1860. The van der Waals surface area contributed by atoms with E-state index in [1.165, 1.54) is 8.61 Å². The second-order valence-corrected chi connectivity index (χ2v) is 13.2. The third-order valence-corrected chi connectivity index (χ3v) is 10.5. The van der Waals surface area contributed by atoms with Gasteiger partial charge in [0.25, 0.3) is 20.0 Å². The highest BCUT2D eigenvalue weighted by molar-refractivity contribution is 7.93. The van der Waals surface area contributed by atoms with Crippen LogP contribution in [0.25, 0.3) is 10.8 Å². The van der Waals surface area contributed by atoms with E-state index in [4.69, 9.17) is 0 Å². The molecular weight excluding hydrogens is 516 g/mol. The molecule has 0 amide bonds. The van der Waals surface area contributed by atoms with E-state index in [9.17, 15) is 16.8 Å². The van der Waals surface area contributed by atoms with Crippen molar-refractivity contribution >= 4 is 42.2 Å². The van der Waals surface area contributed by atoms with Crippen molar-refractivity contribution in [2.45, 2.75) is 36.5 Å². The molecular formula is C30H26N2O4S2. The predicted molar refractivity (Wildman–Crippen MR) is 151 cm³/mol. The Morgan fingerprint density at radius 3 is 1.63 bits per heavy atom. The van der Waals surface area contributed by atoms with Crippen LogP contribution in [-0.2, 0) is 20.0 Å². The van der Waals surface area contributed by atoms with E-state index >= 15 is 0 Å². The number of anilines is 2. The maximum absolute atomic E-state index is 14.2. The van der Waals surface area contributed by atoms with Crippen LogP contribution >= 0.6 is 0 Å². The number of hydrogen-bond acceptors (Lipinski definition) is 4. The zero-order valence-corrected chi connectivity index (χ0v) is 22.6. The predicted octanol–water partition coefficient (Wildman–Crippen LogP) is 6.42. The lowest BCUT2D eigenvalue weighted by molar-refractivity contribution is 0.588. The summed E-state index contributed by atoms with van der Waals surface area (Å²) in [6, 6.07) is 24.5. The Balaban J connectivity index is 1.68. The summed E-state index contributed by atoms with van der Waals surface area (Å²) in [4.78, 5) is 0.293. The lowest BCUT2D eigenvalue weighted by atomic mass is 10.0. The first-order valence-corrected chi connectivity index (χ1v) is 15.2. The average molecular weight is 543 g/mol. The molecule has 8 heteroatoms. The van der Waals surface area contributed by atoms with Crippen molar-refractivity contribution in [2.24, 2.45) is 0 Å². The van der Waals surface area contributed by atoms with Crippen molar-refractivity contribution in [3.8, 4) is 0 Å². The Morgan fingerprint density at radius 2 is 1.11 bits per heavy atom. The minimum Gasteiger partial charge on any atom is -0.234 e. The highest BCUT2D eigenvalue weighted by Gasteiger charge is 2.42. The van der Waals surface area contributed by atoms with E-state index in [0.29, 0.717) is 35.6 Å². The van der Waals surface area contributed by atoms with Crippen LogP contribution in [0.3, 0.4) is 0 Å². The highest BCUT2D eigenvalue weighted by atomic mass is 32.2. The van der Waals surface area contributed by atoms with Crippen LogP contribution < -0.4 is 8.61 Å². The van der Waals surface area contributed by atoms with Crippen LogP contribution in [0.1, 0.15) is 24.0 Å². The van der Waals surface area contributed by atoms with Gasteiger partial charge < -0.3 is 0 Å². The van der Waals surface area contributed by atoms with Crippen molar-refractivity contribution in [3.05, 3.63) is 120 Å². The normalized spacial score (nSPS) is 15.5. The zero-order valence-electron chi connectivity index (χ0n) is 21.0. The smallest absolute Gasteiger partial charge is 0.234 e. The van der Waals surface area contributed by atoms with Gasteiger partial charge in [-0.3, -0.25) is 0 Å². The van der Waals surface area contributed by atoms with Gasteiger partial charge in [0.05, 0.1) is 32.6 Å². The minimum atomic E-state index is -4.07. The Hall–Kier alpha value is -3.88. The van der Waals surface area contributed by atoms with Gasteiger partial charge in [-0.2, -0.15) is 0 Å². The third kappa shape index (κ3) is 3.83. The van der Waals surface area contributed by atoms with E-state index < -0.39 is 20.0 Å². The fourth-order valence-electron chi connectivity index (χ4n) is 5.01. The minimum absolute atomic E-state index is 0.142. The molecule has 0 N–H and O–H groups in total. The molecule has 0 saturated heterocycles. The van der Waals surface area contributed by atoms with Gasteiger partial charge in [-0.25, -0.2) is 25.4 Å². The van der Waals surface area contributed by atoms with E-state index in [2.05, 4.69) is 0 Å². The molecule has 0 saturated carbocycles. The van der Waals surface area contributed by atoms with Gasteiger partial charge in [0.1, 0.15) is 0 Å². The topological polar surface area (TPSA) is 74.8 Å². The zero-order chi connectivity index (χ0) is 26.7. The maximum Gasteiger partial charge on any atom is 0.268 e. The number of hydrogen-bond donors (Lipinski definition) is 0. The van der Waals surface area contributed by atoms with Crippen LogP contribution in [0.2, 0.25) is 0 Å². The summed E-state index contributed by atoms with van der Waals surface area (Å²) in [5, 5.41) is 1.63. The summed E-state index contributed by atoms with van der Waals surface area (Å²) in [7, 11) is -8.12. The highest BCUT2D eigenvalue weighted by Crippen LogP contribution is 2.49. The molecule has 0 fully saturated rings. The van der Waals surface area contributed by atoms with E-state index in [-0.39, 0.29) is 9.79 Å². The molecule has 1 aliphatic carbocycles. The lowest BCUT2D eigenvalue weighted by Gasteiger charge is -2.41. The molecule has 0 unspecified atom stereocenters. The van der Waals surface area contributed by atoms with Gasteiger partial charge >= 0.3 is 0 Å². The number of benzene rings is 4. The molecule has 0 aromatic heterocycles. The van der Waals surface area contributed by atoms with E-state index in [0.717, 1.165) is 21.9 Å². The number of fused-ring (bicyclic) bond motifs is 2. The molecule has 1 heterocycles. The molecule has 0 atom stereocenters. The standard InChI is InChI=1S/C30H26N2O4S2/c1-21-11-15-25(16-12-21)37(33,34)31-27-9-5-6-10-28(27)32(38(35,36)26-17-13-22(2)14-18-26)30-20-24-8-4-3-7-23(24)19-29(30)31/h3-5,7-9,11-20H,6,10H2,1-2H3. The molecule has 0 bridgehead atoms. The number of nitrogens with zero attached hydrogens (tertiary/aromatic N) is 2. The molecule has 1 aliphatic heterocycles. The van der Waals surface area contributed by atoms with Crippen LogP contribution in [0, 0.1) is 13.8 Å². The van der Waals surface area contributed by atoms with Crippen molar-refractivity contribution in [1.82, 2.24) is 0 Å². The van der Waals surface area contributed by atoms with E-state index in [1.54, 1.807) is 66.7 Å². The summed E-state index contributed by atoms with van der Waals surface area (Å²) in [5.74, 6) is 0.